The van der Waals surface area contributed by atoms with Crippen LogP contribution in [0.25, 0.3) is 6.08 Å². The summed E-state index contributed by atoms with van der Waals surface area (Å²) in [5.41, 5.74) is 0.695. The second-order valence-corrected chi connectivity index (χ2v) is 3.28. The Morgan fingerprint density at radius 3 is 2.17 bits per heavy atom. The van der Waals surface area contributed by atoms with Gasteiger partial charge in [0.1, 0.15) is 0 Å². The Hall–Kier alpha value is -2.17. The lowest BCUT2D eigenvalue weighted by Gasteiger charge is -2.13. The van der Waals surface area contributed by atoms with Gasteiger partial charge in [0.25, 0.3) is 0 Å². The number of methoxy groups -OCH3 is 4. The summed E-state index contributed by atoms with van der Waals surface area (Å²) in [5, 5.41) is 0. The number of carbonyl (C=O) groups is 1. The third kappa shape index (κ3) is 2.94. The van der Waals surface area contributed by atoms with Gasteiger partial charge in [-0.25, -0.2) is 4.79 Å². The summed E-state index contributed by atoms with van der Waals surface area (Å²) in [4.78, 5) is 11.1. The van der Waals surface area contributed by atoms with E-state index in [1.54, 1.807) is 25.3 Å². The van der Waals surface area contributed by atoms with E-state index in [9.17, 15) is 4.79 Å². The van der Waals surface area contributed by atoms with Crippen LogP contribution in [0.15, 0.2) is 18.2 Å². The van der Waals surface area contributed by atoms with Crippen molar-refractivity contribution in [1.82, 2.24) is 0 Å². The van der Waals surface area contributed by atoms with Gasteiger partial charge in [-0.2, -0.15) is 0 Å². The Morgan fingerprint density at radius 2 is 1.67 bits per heavy atom. The van der Waals surface area contributed by atoms with Crippen molar-refractivity contribution in [1.29, 1.82) is 0 Å². The predicted molar refractivity (Wildman–Crippen MR) is 67.1 cm³/mol. The topological polar surface area (TPSA) is 54.0 Å². The second kappa shape index (κ2) is 6.54. The van der Waals surface area contributed by atoms with E-state index in [1.807, 2.05) is 0 Å². The molecule has 98 valence electrons. The van der Waals surface area contributed by atoms with Gasteiger partial charge < -0.3 is 18.9 Å². The first-order valence-electron chi connectivity index (χ1n) is 5.22. The molecule has 0 fully saturated rings. The van der Waals surface area contributed by atoms with Crippen molar-refractivity contribution in [2.45, 2.75) is 0 Å². The van der Waals surface area contributed by atoms with Gasteiger partial charge in [0.2, 0.25) is 5.75 Å². The molecule has 0 amide bonds. The molecule has 0 spiro atoms. The number of hydrogen-bond donors (Lipinski definition) is 0. The highest BCUT2D eigenvalue weighted by molar-refractivity contribution is 5.88. The summed E-state index contributed by atoms with van der Waals surface area (Å²) < 4.78 is 20.2. The maximum Gasteiger partial charge on any atom is 0.330 e. The fraction of sp³-hybridized carbons (Fsp3) is 0.308. The van der Waals surface area contributed by atoms with Gasteiger partial charge in [-0.3, -0.25) is 0 Å². The lowest BCUT2D eigenvalue weighted by atomic mass is 10.1. The van der Waals surface area contributed by atoms with Crippen LogP contribution < -0.4 is 14.2 Å². The largest absolute Gasteiger partial charge is 0.493 e. The van der Waals surface area contributed by atoms with E-state index in [1.165, 1.54) is 27.4 Å². The van der Waals surface area contributed by atoms with Crippen LogP contribution >= 0.6 is 0 Å². The zero-order valence-corrected chi connectivity index (χ0v) is 10.9. The zero-order valence-electron chi connectivity index (χ0n) is 10.9. The fourth-order valence-electron chi connectivity index (χ4n) is 1.48. The van der Waals surface area contributed by atoms with Crippen LogP contribution in [-0.2, 0) is 9.53 Å². The van der Waals surface area contributed by atoms with Crippen molar-refractivity contribution in [2.24, 2.45) is 0 Å². The van der Waals surface area contributed by atoms with E-state index in [2.05, 4.69) is 4.74 Å². The maximum atomic E-state index is 11.1. The molecule has 1 aromatic carbocycles. The van der Waals surface area contributed by atoms with E-state index in [-0.39, 0.29) is 0 Å². The Balaban J connectivity index is 3.20. The normalized spacial score (nSPS) is 10.2. The van der Waals surface area contributed by atoms with Crippen molar-refractivity contribution in [3.05, 3.63) is 23.8 Å². The lowest BCUT2D eigenvalue weighted by molar-refractivity contribution is -0.134. The Labute approximate surface area is 106 Å². The van der Waals surface area contributed by atoms with Crippen molar-refractivity contribution in [2.75, 3.05) is 28.4 Å². The van der Waals surface area contributed by atoms with Gasteiger partial charge in [0.15, 0.2) is 11.5 Å². The van der Waals surface area contributed by atoms with Crippen molar-refractivity contribution in [3.8, 4) is 17.2 Å². The highest BCUT2D eigenvalue weighted by Gasteiger charge is 2.14. The summed E-state index contributed by atoms with van der Waals surface area (Å²) in [6.07, 6.45) is 2.90. The number of carbonyl (C=O) groups excluding carboxylic acids is 1. The highest BCUT2D eigenvalue weighted by atomic mass is 16.5. The summed E-state index contributed by atoms with van der Waals surface area (Å²) >= 11 is 0. The molecule has 0 N–H and O–H groups in total. The molecule has 0 bridgehead atoms. The van der Waals surface area contributed by atoms with E-state index < -0.39 is 5.97 Å². The van der Waals surface area contributed by atoms with Crippen molar-refractivity contribution in [3.63, 3.8) is 0 Å². The number of ether oxygens (including phenoxy) is 4. The quantitative estimate of drug-likeness (QED) is 0.591. The van der Waals surface area contributed by atoms with Gasteiger partial charge in [-0.05, 0) is 18.2 Å². The summed E-state index contributed by atoms with van der Waals surface area (Å²) in [5.74, 6) is 1.10. The lowest BCUT2D eigenvalue weighted by Crippen LogP contribution is -1.97. The van der Waals surface area contributed by atoms with Gasteiger partial charge >= 0.3 is 5.97 Å². The third-order valence-electron chi connectivity index (χ3n) is 2.33. The molecule has 0 heterocycles. The molecule has 0 aromatic heterocycles. The first kappa shape index (κ1) is 13.9. The van der Waals surface area contributed by atoms with Gasteiger partial charge in [-0.1, -0.05) is 0 Å². The third-order valence-corrected chi connectivity index (χ3v) is 2.33. The molecule has 0 aliphatic carbocycles. The zero-order chi connectivity index (χ0) is 13.5. The minimum Gasteiger partial charge on any atom is -0.493 e. The molecule has 5 nitrogen and oxygen atoms in total. The smallest absolute Gasteiger partial charge is 0.330 e. The average Bonchev–Trinajstić information content (AvgIpc) is 2.43. The first-order valence-corrected chi connectivity index (χ1v) is 5.22. The van der Waals surface area contributed by atoms with Gasteiger partial charge in [0.05, 0.1) is 28.4 Å². The number of hydrogen-bond acceptors (Lipinski definition) is 5. The molecule has 0 aliphatic heterocycles. The van der Waals surface area contributed by atoms with Crippen molar-refractivity contribution < 1.29 is 23.7 Å². The fourth-order valence-corrected chi connectivity index (χ4v) is 1.48. The van der Waals surface area contributed by atoms with Crippen LogP contribution in [-0.4, -0.2) is 34.4 Å². The predicted octanol–water partition coefficient (Wildman–Crippen LogP) is 1.90. The van der Waals surface area contributed by atoms with Gasteiger partial charge in [0, 0.05) is 11.6 Å². The molecular weight excluding hydrogens is 236 g/mol. The molecule has 0 atom stereocenters. The van der Waals surface area contributed by atoms with Gasteiger partial charge in [-0.15, -0.1) is 0 Å². The second-order valence-electron chi connectivity index (χ2n) is 3.28. The molecule has 1 rings (SSSR count). The molecule has 1 aromatic rings. The molecular formula is C13H16O5. The maximum absolute atomic E-state index is 11.1. The van der Waals surface area contributed by atoms with Crippen LogP contribution in [0, 0.1) is 0 Å². The minimum absolute atomic E-state index is 0.438. The van der Waals surface area contributed by atoms with E-state index in [4.69, 9.17) is 14.2 Å². The first-order chi connectivity index (χ1) is 8.67. The summed E-state index contributed by atoms with van der Waals surface area (Å²) in [6.45, 7) is 0. The molecule has 0 unspecified atom stereocenters. The van der Waals surface area contributed by atoms with Crippen LogP contribution in [0.1, 0.15) is 5.56 Å². The van der Waals surface area contributed by atoms with Crippen LogP contribution in [0.3, 0.4) is 0 Å². The van der Waals surface area contributed by atoms with Crippen LogP contribution in [0.4, 0.5) is 0 Å². The van der Waals surface area contributed by atoms with Crippen molar-refractivity contribution >= 4 is 12.0 Å². The number of esters is 1. The molecule has 5 heteroatoms. The van der Waals surface area contributed by atoms with Crippen LogP contribution in [0.2, 0.25) is 0 Å². The van der Waals surface area contributed by atoms with Crippen LogP contribution in [0.5, 0.6) is 17.2 Å². The summed E-state index contributed by atoms with van der Waals surface area (Å²) in [7, 11) is 5.90. The Bertz CT molecular complexity index is 451. The number of rotatable bonds is 5. The van der Waals surface area contributed by atoms with E-state index >= 15 is 0 Å². The van der Waals surface area contributed by atoms with E-state index in [0.717, 1.165) is 0 Å². The van der Waals surface area contributed by atoms with E-state index in [0.29, 0.717) is 22.8 Å². The molecule has 0 aliphatic rings. The average molecular weight is 252 g/mol. The monoisotopic (exact) mass is 252 g/mol. The minimum atomic E-state index is -0.438. The Kier molecular flexibility index (Phi) is 5.05. The molecule has 18 heavy (non-hydrogen) atoms. The SMILES string of the molecule is COC(=O)C=Cc1ccc(OC)c(OC)c1OC. The number of benzene rings is 1. The highest BCUT2D eigenvalue weighted by Crippen LogP contribution is 2.40. The molecule has 0 saturated carbocycles. The standard InChI is InChI=1S/C13H16O5/c1-15-10-7-5-9(6-8-11(14)16-2)12(17-3)13(10)18-4/h5-8H,1-4H3. The molecule has 0 saturated heterocycles. The molecule has 0 radical (unpaired) electrons. The Morgan fingerprint density at radius 1 is 1.00 bits per heavy atom. The summed E-state index contributed by atoms with van der Waals surface area (Å²) in [6, 6.07) is 3.50.